The van der Waals surface area contributed by atoms with Gasteiger partial charge in [0.2, 0.25) is 5.91 Å². The second kappa shape index (κ2) is 10.1. The van der Waals surface area contributed by atoms with Crippen molar-refractivity contribution in [3.05, 3.63) is 59.7 Å². The summed E-state index contributed by atoms with van der Waals surface area (Å²) in [7, 11) is 0. The molecule has 35 heavy (non-hydrogen) atoms. The van der Waals surface area contributed by atoms with Crippen LogP contribution in [0.25, 0.3) is 11.1 Å². The van der Waals surface area contributed by atoms with Crippen molar-refractivity contribution in [1.29, 1.82) is 0 Å². The molecule has 4 rings (SSSR count). The molecule has 0 radical (unpaired) electrons. The lowest BCUT2D eigenvalue weighted by molar-refractivity contribution is -0.172. The Bertz CT molecular complexity index is 1070. The predicted molar refractivity (Wildman–Crippen MR) is 133 cm³/mol. The summed E-state index contributed by atoms with van der Waals surface area (Å²) in [4.78, 5) is 38.7. The van der Waals surface area contributed by atoms with Gasteiger partial charge in [-0.15, -0.1) is 0 Å². The number of likely N-dealkylation sites (tertiary alicyclic amines) is 1. The normalized spacial score (nSPS) is 18.7. The predicted octanol–water partition coefficient (Wildman–Crippen LogP) is 4.80. The Kier molecular flexibility index (Phi) is 7.15. The number of benzene rings is 2. The quantitative estimate of drug-likeness (QED) is 0.540. The van der Waals surface area contributed by atoms with E-state index in [2.05, 4.69) is 29.6 Å². The van der Waals surface area contributed by atoms with Crippen molar-refractivity contribution in [1.82, 2.24) is 10.2 Å². The number of nitrogens with zero attached hydrogens (tertiary/aromatic N) is 1. The van der Waals surface area contributed by atoms with E-state index < -0.39 is 29.6 Å². The van der Waals surface area contributed by atoms with Crippen LogP contribution in [0.5, 0.6) is 0 Å². The van der Waals surface area contributed by atoms with Gasteiger partial charge in [-0.1, -0.05) is 82.1 Å². The molecular formula is C28H34N2O5. The van der Waals surface area contributed by atoms with Gasteiger partial charge in [0.1, 0.15) is 12.6 Å². The molecule has 2 aromatic rings. The highest BCUT2D eigenvalue weighted by Crippen LogP contribution is 2.44. The van der Waals surface area contributed by atoms with E-state index >= 15 is 0 Å². The number of nitrogens with one attached hydrogen (secondary N) is 1. The molecule has 2 aliphatic rings. The molecule has 7 heteroatoms. The van der Waals surface area contributed by atoms with Crippen LogP contribution >= 0.6 is 0 Å². The first-order chi connectivity index (χ1) is 16.7. The molecule has 1 saturated heterocycles. The minimum atomic E-state index is -0.996. The van der Waals surface area contributed by atoms with Gasteiger partial charge in [0.05, 0.1) is 0 Å². The van der Waals surface area contributed by atoms with Gasteiger partial charge in [0.25, 0.3) is 0 Å². The molecule has 0 saturated carbocycles. The molecule has 0 bridgehead atoms. The third-order valence-electron chi connectivity index (χ3n) is 7.18. The molecule has 7 nitrogen and oxygen atoms in total. The average molecular weight is 479 g/mol. The zero-order chi connectivity index (χ0) is 25.2. The van der Waals surface area contributed by atoms with Gasteiger partial charge in [-0.3, -0.25) is 4.79 Å². The molecule has 0 spiro atoms. The van der Waals surface area contributed by atoms with Crippen LogP contribution in [0.2, 0.25) is 0 Å². The van der Waals surface area contributed by atoms with Gasteiger partial charge >= 0.3 is 12.1 Å². The number of alkyl carbamates (subject to hydrolysis) is 1. The Morgan fingerprint density at radius 1 is 1.09 bits per heavy atom. The second-order valence-electron chi connectivity index (χ2n) is 10.3. The van der Waals surface area contributed by atoms with Gasteiger partial charge in [-0.05, 0) is 28.7 Å². The molecule has 2 atom stereocenters. The molecule has 1 heterocycles. The number of hydrogen-bond acceptors (Lipinski definition) is 4. The number of hydrogen-bond donors (Lipinski definition) is 2. The van der Waals surface area contributed by atoms with E-state index in [1.54, 1.807) is 0 Å². The van der Waals surface area contributed by atoms with Crippen molar-refractivity contribution in [3.8, 4) is 11.1 Å². The molecule has 0 aromatic heterocycles. The smallest absolute Gasteiger partial charge is 0.407 e. The first-order valence-corrected chi connectivity index (χ1v) is 12.4. The highest BCUT2D eigenvalue weighted by molar-refractivity contribution is 5.87. The number of carbonyl (C=O) groups is 3. The van der Waals surface area contributed by atoms with E-state index in [1.807, 2.05) is 45.0 Å². The van der Waals surface area contributed by atoms with Gasteiger partial charge in [0.15, 0.2) is 0 Å². The lowest BCUT2D eigenvalue weighted by atomic mass is 9.74. The maximum Gasteiger partial charge on any atom is 0.407 e. The Hall–Kier alpha value is -3.35. The summed E-state index contributed by atoms with van der Waals surface area (Å²) < 4.78 is 5.66. The lowest BCUT2D eigenvalue weighted by Crippen LogP contribution is -2.67. The number of carboxylic acid groups (broad SMARTS) is 1. The minimum Gasteiger partial charge on any atom is -0.480 e. The highest BCUT2D eigenvalue weighted by atomic mass is 16.5. The summed E-state index contributed by atoms with van der Waals surface area (Å²) in [5.41, 5.74) is 4.14. The number of unbranched alkanes of at least 4 members (excludes halogenated alkanes) is 1. The second-order valence-corrected chi connectivity index (χ2v) is 10.3. The molecule has 2 aromatic carbocycles. The number of ether oxygens (including phenoxy) is 1. The van der Waals surface area contributed by atoms with E-state index in [9.17, 15) is 19.5 Å². The van der Waals surface area contributed by atoms with E-state index in [0.29, 0.717) is 13.0 Å². The van der Waals surface area contributed by atoms with Crippen LogP contribution in [-0.2, 0) is 14.3 Å². The van der Waals surface area contributed by atoms with E-state index in [4.69, 9.17) is 4.74 Å². The summed E-state index contributed by atoms with van der Waals surface area (Å²) in [5, 5.41) is 12.4. The first-order valence-electron chi connectivity index (χ1n) is 12.4. The van der Waals surface area contributed by atoms with Crippen LogP contribution in [0.1, 0.15) is 63.5 Å². The highest BCUT2D eigenvalue weighted by Gasteiger charge is 2.52. The summed E-state index contributed by atoms with van der Waals surface area (Å²) in [5.74, 6) is -1.29. The van der Waals surface area contributed by atoms with Crippen molar-refractivity contribution in [2.24, 2.45) is 5.41 Å². The SMILES string of the molecule is CCCC[C@H](CC(=O)N1CC(C)(C)C1C(=O)O)NC(=O)OCC1c2ccccc2-c2ccccc21. The van der Waals surface area contributed by atoms with Crippen LogP contribution in [-0.4, -0.2) is 53.2 Å². The number of carboxylic acids is 1. The maximum absolute atomic E-state index is 12.9. The van der Waals surface area contributed by atoms with Crippen molar-refractivity contribution in [2.75, 3.05) is 13.2 Å². The monoisotopic (exact) mass is 478 g/mol. The van der Waals surface area contributed by atoms with Crippen LogP contribution in [0, 0.1) is 5.41 Å². The molecule has 2 N–H and O–H groups in total. The summed E-state index contributed by atoms with van der Waals surface area (Å²) in [6.07, 6.45) is 1.89. The van der Waals surface area contributed by atoms with Crippen molar-refractivity contribution in [3.63, 3.8) is 0 Å². The first kappa shape index (κ1) is 24.8. The zero-order valence-electron chi connectivity index (χ0n) is 20.6. The fourth-order valence-electron chi connectivity index (χ4n) is 5.44. The Morgan fingerprint density at radius 2 is 1.69 bits per heavy atom. The fourth-order valence-corrected chi connectivity index (χ4v) is 5.44. The third kappa shape index (κ3) is 5.04. The maximum atomic E-state index is 12.9. The number of amides is 2. The average Bonchev–Trinajstić information content (AvgIpc) is 3.13. The molecule has 2 amide bonds. The van der Waals surface area contributed by atoms with E-state index in [-0.39, 0.29) is 24.9 Å². The number of rotatable bonds is 9. The van der Waals surface area contributed by atoms with Crippen molar-refractivity contribution >= 4 is 18.0 Å². The Labute approximate surface area is 206 Å². The summed E-state index contributed by atoms with van der Waals surface area (Å²) >= 11 is 0. The zero-order valence-corrected chi connectivity index (χ0v) is 20.6. The largest absolute Gasteiger partial charge is 0.480 e. The van der Waals surface area contributed by atoms with Crippen molar-refractivity contribution < 1.29 is 24.2 Å². The minimum absolute atomic E-state index is 0.0384. The van der Waals surface area contributed by atoms with Crippen LogP contribution in [0.4, 0.5) is 4.79 Å². The van der Waals surface area contributed by atoms with Gasteiger partial charge < -0.3 is 20.1 Å². The number of carbonyl (C=O) groups excluding carboxylic acids is 2. The topological polar surface area (TPSA) is 95.9 Å². The van der Waals surface area contributed by atoms with Crippen LogP contribution in [0.3, 0.4) is 0 Å². The molecule has 1 aliphatic carbocycles. The van der Waals surface area contributed by atoms with Crippen molar-refractivity contribution in [2.45, 2.75) is 64.5 Å². The standard InChI is InChI=1S/C28H34N2O5/c1-4-5-10-18(15-24(31)30-17-28(2,3)25(30)26(32)33)29-27(34)35-16-23-21-13-8-6-11-19(21)20-12-7-9-14-22(20)23/h6-9,11-14,18,23,25H,4-5,10,15-17H2,1-3H3,(H,29,34)(H,32,33)/t18-,25?/m1/s1. The fraction of sp³-hybridized carbons (Fsp3) is 0.464. The summed E-state index contributed by atoms with van der Waals surface area (Å²) in [6.45, 7) is 6.34. The van der Waals surface area contributed by atoms with E-state index in [1.165, 1.54) is 4.90 Å². The number of fused-ring (bicyclic) bond motifs is 3. The lowest BCUT2D eigenvalue weighted by Gasteiger charge is -2.52. The Balaban J connectivity index is 1.38. The van der Waals surface area contributed by atoms with Gasteiger partial charge in [-0.2, -0.15) is 0 Å². The molecule has 1 unspecified atom stereocenters. The molecule has 186 valence electrons. The Morgan fingerprint density at radius 3 is 2.23 bits per heavy atom. The summed E-state index contributed by atoms with van der Waals surface area (Å²) in [6, 6.07) is 15.1. The van der Waals surface area contributed by atoms with Crippen LogP contribution in [0.15, 0.2) is 48.5 Å². The van der Waals surface area contributed by atoms with Crippen LogP contribution < -0.4 is 5.32 Å². The third-order valence-corrected chi connectivity index (χ3v) is 7.18. The van der Waals surface area contributed by atoms with Gasteiger partial charge in [0, 0.05) is 30.3 Å². The molecule has 1 aliphatic heterocycles. The van der Waals surface area contributed by atoms with E-state index in [0.717, 1.165) is 35.1 Å². The number of aliphatic carboxylic acids is 1. The molecule has 1 fully saturated rings. The van der Waals surface area contributed by atoms with Gasteiger partial charge in [-0.25, -0.2) is 9.59 Å². The molecular weight excluding hydrogens is 444 g/mol.